The van der Waals surface area contributed by atoms with Crippen LogP contribution in [0, 0.1) is 18.3 Å². The summed E-state index contributed by atoms with van der Waals surface area (Å²) in [6, 6.07) is 21.5. The number of thioether (sulfide) groups is 1. The molecule has 0 atom stereocenters. The molecule has 3 aromatic rings. The third-order valence-corrected chi connectivity index (χ3v) is 4.97. The Morgan fingerprint density at radius 3 is 2.48 bits per heavy atom. The largest absolute Gasteiger partial charge is 0.337 e. The summed E-state index contributed by atoms with van der Waals surface area (Å²) in [4.78, 5) is 22.0. The molecule has 0 fully saturated rings. The molecule has 0 radical (unpaired) electrons. The monoisotopic (exact) mass is 376 g/mol. The zero-order valence-electron chi connectivity index (χ0n) is 15.1. The van der Waals surface area contributed by atoms with Crippen LogP contribution in [-0.4, -0.2) is 28.2 Å². The zero-order chi connectivity index (χ0) is 19.1. The van der Waals surface area contributed by atoms with E-state index in [1.54, 1.807) is 0 Å². The number of nitriles is 1. The van der Waals surface area contributed by atoms with Crippen LogP contribution < -0.4 is 4.90 Å². The van der Waals surface area contributed by atoms with Gasteiger partial charge in [0.15, 0.2) is 5.16 Å². The second-order valence-corrected chi connectivity index (χ2v) is 7.00. The Balaban J connectivity index is 1.65. The lowest BCUT2D eigenvalue weighted by atomic mass is 10.1. The molecule has 0 aliphatic heterocycles. The number of aromatic nitrogens is 2. The number of rotatable bonds is 7. The minimum absolute atomic E-state index is 0.0276. The van der Waals surface area contributed by atoms with Gasteiger partial charge in [-0.3, -0.25) is 9.69 Å². The molecular weight excluding hydrogens is 356 g/mol. The number of hydrogen-bond acceptors (Lipinski definition) is 4. The lowest BCUT2D eigenvalue weighted by Gasteiger charge is -2.19. The molecule has 0 spiro atoms. The summed E-state index contributed by atoms with van der Waals surface area (Å²) in [6.45, 7) is 2.02. The maximum atomic E-state index is 12.6. The molecule has 0 aliphatic carbocycles. The average Bonchev–Trinajstić information content (AvgIpc) is 3.05. The van der Waals surface area contributed by atoms with Crippen LogP contribution >= 0.6 is 11.8 Å². The molecule has 1 amide bonds. The predicted molar refractivity (Wildman–Crippen MR) is 108 cm³/mol. The number of para-hydroxylation sites is 1. The molecule has 5 nitrogen and oxygen atoms in total. The van der Waals surface area contributed by atoms with E-state index in [-0.39, 0.29) is 18.2 Å². The zero-order valence-corrected chi connectivity index (χ0v) is 15.9. The molecule has 1 heterocycles. The van der Waals surface area contributed by atoms with Gasteiger partial charge in [0.05, 0.1) is 17.5 Å². The van der Waals surface area contributed by atoms with E-state index in [0.29, 0.717) is 0 Å². The quantitative estimate of drug-likeness (QED) is 0.500. The highest BCUT2D eigenvalue weighted by Gasteiger charge is 2.17. The van der Waals surface area contributed by atoms with E-state index in [4.69, 9.17) is 5.26 Å². The first-order chi connectivity index (χ1) is 13.2. The Labute approximate surface area is 163 Å². The summed E-state index contributed by atoms with van der Waals surface area (Å²) >= 11 is 1.36. The minimum atomic E-state index is -0.119. The van der Waals surface area contributed by atoms with Gasteiger partial charge in [0.25, 0.3) is 0 Å². The first-order valence-electron chi connectivity index (χ1n) is 8.62. The number of imidazole rings is 1. The molecule has 6 heteroatoms. The van der Waals surface area contributed by atoms with Gasteiger partial charge < -0.3 is 4.98 Å². The standard InChI is InChI=1S/C21H20N4OS/c1-16-19(14-17-8-4-2-5-9-17)24-21(23-16)27-15-20(26)25(13-12-22)18-10-6-3-7-11-18/h2-11H,13-15H2,1H3,(H,23,24). The normalized spacial score (nSPS) is 10.4. The third-order valence-electron chi connectivity index (χ3n) is 4.11. The van der Waals surface area contributed by atoms with Gasteiger partial charge in [-0.1, -0.05) is 60.3 Å². The molecule has 2 aromatic carbocycles. The number of hydrogen-bond donors (Lipinski definition) is 1. The van der Waals surface area contributed by atoms with Crippen LogP contribution in [0.15, 0.2) is 65.8 Å². The molecule has 136 valence electrons. The number of amides is 1. The maximum Gasteiger partial charge on any atom is 0.238 e. The van der Waals surface area contributed by atoms with Crippen molar-refractivity contribution in [3.05, 3.63) is 77.6 Å². The van der Waals surface area contributed by atoms with Gasteiger partial charge in [0.1, 0.15) is 6.54 Å². The fourth-order valence-corrected chi connectivity index (χ4v) is 3.52. The number of carbonyl (C=O) groups excluding carboxylic acids is 1. The molecule has 1 aromatic heterocycles. The van der Waals surface area contributed by atoms with Gasteiger partial charge in [0.2, 0.25) is 5.91 Å². The third kappa shape index (κ3) is 4.99. The maximum absolute atomic E-state index is 12.6. The number of H-pyrrole nitrogens is 1. The molecule has 3 rings (SSSR count). The molecule has 0 unspecified atom stereocenters. The summed E-state index contributed by atoms with van der Waals surface area (Å²) in [5.41, 5.74) is 3.91. The number of anilines is 1. The Morgan fingerprint density at radius 1 is 1.15 bits per heavy atom. The minimum Gasteiger partial charge on any atom is -0.337 e. The van der Waals surface area contributed by atoms with Crippen molar-refractivity contribution in [2.24, 2.45) is 0 Å². The van der Waals surface area contributed by atoms with E-state index in [1.807, 2.05) is 55.5 Å². The summed E-state index contributed by atoms with van der Waals surface area (Å²) in [6.07, 6.45) is 0.752. The van der Waals surface area contributed by atoms with E-state index < -0.39 is 0 Å². The van der Waals surface area contributed by atoms with Crippen LogP contribution in [0.25, 0.3) is 0 Å². The van der Waals surface area contributed by atoms with Gasteiger partial charge in [0, 0.05) is 17.8 Å². The van der Waals surface area contributed by atoms with Crippen LogP contribution in [0.5, 0.6) is 0 Å². The number of nitrogens with zero attached hydrogens (tertiary/aromatic N) is 3. The topological polar surface area (TPSA) is 72.8 Å². The van der Waals surface area contributed by atoms with Gasteiger partial charge in [-0.05, 0) is 24.6 Å². The van der Waals surface area contributed by atoms with Crippen molar-refractivity contribution in [3.8, 4) is 6.07 Å². The van der Waals surface area contributed by atoms with E-state index in [2.05, 4.69) is 28.2 Å². The van der Waals surface area contributed by atoms with Crippen molar-refractivity contribution in [2.75, 3.05) is 17.2 Å². The summed E-state index contributed by atoms with van der Waals surface area (Å²) in [7, 11) is 0. The molecule has 0 saturated carbocycles. The summed E-state index contributed by atoms with van der Waals surface area (Å²) in [5, 5.41) is 9.76. The predicted octanol–water partition coefficient (Wildman–Crippen LogP) is 3.96. The Kier molecular flexibility index (Phi) is 6.29. The molecule has 1 N–H and O–H groups in total. The van der Waals surface area contributed by atoms with E-state index in [9.17, 15) is 4.79 Å². The lowest BCUT2D eigenvalue weighted by Crippen LogP contribution is -2.32. The van der Waals surface area contributed by atoms with Crippen molar-refractivity contribution in [1.82, 2.24) is 9.97 Å². The number of aryl methyl sites for hydroxylation is 1. The van der Waals surface area contributed by atoms with Crippen LogP contribution in [0.1, 0.15) is 17.0 Å². The number of aromatic amines is 1. The molecule has 0 saturated heterocycles. The van der Waals surface area contributed by atoms with Crippen molar-refractivity contribution < 1.29 is 4.79 Å². The molecular formula is C21H20N4OS. The Bertz CT molecular complexity index is 932. The van der Waals surface area contributed by atoms with E-state index in [0.717, 1.165) is 28.7 Å². The van der Waals surface area contributed by atoms with Crippen LogP contribution in [0.3, 0.4) is 0 Å². The van der Waals surface area contributed by atoms with E-state index >= 15 is 0 Å². The lowest BCUT2D eigenvalue weighted by molar-refractivity contribution is -0.116. The fraction of sp³-hybridized carbons (Fsp3) is 0.190. The number of carbonyl (C=O) groups is 1. The van der Waals surface area contributed by atoms with Gasteiger partial charge in [-0.25, -0.2) is 4.98 Å². The molecule has 0 aliphatic rings. The SMILES string of the molecule is Cc1[nH]c(SCC(=O)N(CC#N)c2ccccc2)nc1Cc1ccccc1. The van der Waals surface area contributed by atoms with Crippen LogP contribution in [0.2, 0.25) is 0 Å². The first-order valence-corrected chi connectivity index (χ1v) is 9.60. The van der Waals surface area contributed by atoms with Crippen LogP contribution in [-0.2, 0) is 11.2 Å². The first kappa shape index (κ1) is 18.7. The smallest absolute Gasteiger partial charge is 0.238 e. The van der Waals surface area contributed by atoms with Crippen molar-refractivity contribution in [3.63, 3.8) is 0 Å². The molecule has 0 bridgehead atoms. The highest BCUT2D eigenvalue weighted by atomic mass is 32.2. The van der Waals surface area contributed by atoms with Crippen molar-refractivity contribution in [1.29, 1.82) is 5.26 Å². The Hall–Kier alpha value is -3.04. The van der Waals surface area contributed by atoms with E-state index in [1.165, 1.54) is 22.2 Å². The Morgan fingerprint density at radius 2 is 1.81 bits per heavy atom. The number of nitrogens with one attached hydrogen (secondary N) is 1. The van der Waals surface area contributed by atoms with Crippen molar-refractivity contribution >= 4 is 23.4 Å². The summed E-state index contributed by atoms with van der Waals surface area (Å²) < 4.78 is 0. The second kappa shape index (κ2) is 9.06. The fourth-order valence-electron chi connectivity index (χ4n) is 2.71. The van der Waals surface area contributed by atoms with Gasteiger partial charge >= 0.3 is 0 Å². The van der Waals surface area contributed by atoms with Crippen molar-refractivity contribution in [2.45, 2.75) is 18.5 Å². The van der Waals surface area contributed by atoms with Crippen LogP contribution in [0.4, 0.5) is 5.69 Å². The highest BCUT2D eigenvalue weighted by molar-refractivity contribution is 7.99. The highest BCUT2D eigenvalue weighted by Crippen LogP contribution is 2.21. The van der Waals surface area contributed by atoms with Gasteiger partial charge in [-0.2, -0.15) is 5.26 Å². The summed E-state index contributed by atoms with van der Waals surface area (Å²) in [5.74, 6) is 0.0975. The molecule has 27 heavy (non-hydrogen) atoms. The second-order valence-electron chi connectivity index (χ2n) is 6.04. The average molecular weight is 376 g/mol. The number of benzene rings is 2. The van der Waals surface area contributed by atoms with Gasteiger partial charge in [-0.15, -0.1) is 0 Å².